The van der Waals surface area contributed by atoms with Crippen LogP contribution in [0.5, 0.6) is 0 Å². The van der Waals surface area contributed by atoms with E-state index in [0.717, 1.165) is 5.56 Å². The van der Waals surface area contributed by atoms with E-state index >= 15 is 0 Å². The summed E-state index contributed by atoms with van der Waals surface area (Å²) >= 11 is 0. The fourth-order valence-electron chi connectivity index (χ4n) is 8.14. The number of aryl methyl sites for hydroxylation is 1. The SMILES string of the molecule is CC1=C2[C@@H](O)C(=O)[C@]3(C)[C@@H](O)C[C@H]4OCC4[C@H]3[C@H](C)[C@](O)(C[C@@H]1OC(=O)CCc1ccccc1)C2(C)C. The number of rotatable bonds is 4. The molecule has 1 unspecified atom stereocenters. The number of ketones is 1. The summed E-state index contributed by atoms with van der Waals surface area (Å²) in [6.45, 7) is 9.65. The normalized spacial score (nSPS) is 42.6. The Morgan fingerprint density at radius 3 is 2.46 bits per heavy atom. The summed E-state index contributed by atoms with van der Waals surface area (Å²) in [5.74, 6) is -1.63. The monoisotopic (exact) mass is 512 g/mol. The number of aliphatic hydroxyl groups excluding tert-OH is 2. The number of aliphatic hydroxyl groups is 3. The Kier molecular flexibility index (Phi) is 6.46. The molecule has 1 saturated heterocycles. The molecule has 0 amide bonds. The molecule has 202 valence electrons. The Balaban J connectivity index is 1.52. The lowest BCUT2D eigenvalue weighted by Crippen LogP contribution is -2.72. The molecule has 3 fully saturated rings. The number of ether oxygens (including phenoxy) is 2. The summed E-state index contributed by atoms with van der Waals surface area (Å²) < 4.78 is 11.7. The molecule has 0 radical (unpaired) electrons. The van der Waals surface area contributed by atoms with E-state index in [1.54, 1.807) is 13.8 Å². The van der Waals surface area contributed by atoms with Gasteiger partial charge in [-0.25, -0.2) is 0 Å². The van der Waals surface area contributed by atoms with Gasteiger partial charge in [0.2, 0.25) is 0 Å². The molecule has 2 saturated carbocycles. The Morgan fingerprint density at radius 2 is 1.84 bits per heavy atom. The van der Waals surface area contributed by atoms with Crippen LogP contribution in [0.4, 0.5) is 0 Å². The van der Waals surface area contributed by atoms with Gasteiger partial charge in [0.05, 0.1) is 29.8 Å². The minimum Gasteiger partial charge on any atom is -0.458 e. The van der Waals surface area contributed by atoms with E-state index in [1.165, 1.54) is 0 Å². The number of carbonyl (C=O) groups excluding carboxylic acids is 2. The molecule has 3 aliphatic carbocycles. The lowest BCUT2D eigenvalue weighted by molar-refractivity contribution is -0.261. The molecule has 7 nitrogen and oxygen atoms in total. The number of hydrogen-bond acceptors (Lipinski definition) is 7. The van der Waals surface area contributed by atoms with Gasteiger partial charge in [0, 0.05) is 30.6 Å². The molecule has 5 rings (SSSR count). The summed E-state index contributed by atoms with van der Waals surface area (Å²) in [6.07, 6.45) is -2.20. The van der Waals surface area contributed by atoms with Crippen molar-refractivity contribution in [2.24, 2.45) is 28.6 Å². The predicted molar refractivity (Wildman–Crippen MR) is 136 cm³/mol. The molecule has 0 spiro atoms. The van der Waals surface area contributed by atoms with Crippen LogP contribution >= 0.6 is 0 Å². The van der Waals surface area contributed by atoms with Crippen LogP contribution in [0.1, 0.15) is 59.4 Å². The fraction of sp³-hybridized carbons (Fsp3) is 0.667. The average Bonchev–Trinajstić information content (AvgIpc) is 2.84. The summed E-state index contributed by atoms with van der Waals surface area (Å²) in [4.78, 5) is 27.0. The van der Waals surface area contributed by atoms with Crippen molar-refractivity contribution < 1.29 is 34.4 Å². The van der Waals surface area contributed by atoms with Gasteiger partial charge in [0.1, 0.15) is 12.2 Å². The molecule has 4 aliphatic rings. The van der Waals surface area contributed by atoms with Crippen molar-refractivity contribution in [1.29, 1.82) is 0 Å². The first kappa shape index (κ1) is 26.5. The summed E-state index contributed by atoms with van der Waals surface area (Å²) in [5.41, 5.74) is -1.53. The Bertz CT molecular complexity index is 1110. The first-order chi connectivity index (χ1) is 17.3. The van der Waals surface area contributed by atoms with Gasteiger partial charge in [-0.2, -0.15) is 0 Å². The van der Waals surface area contributed by atoms with Crippen LogP contribution in [-0.2, 0) is 25.5 Å². The number of fused-ring (bicyclic) bond motifs is 5. The number of hydrogen-bond donors (Lipinski definition) is 3. The van der Waals surface area contributed by atoms with Crippen molar-refractivity contribution in [1.82, 2.24) is 0 Å². The van der Waals surface area contributed by atoms with Crippen LogP contribution in [-0.4, -0.2) is 63.7 Å². The highest BCUT2D eigenvalue weighted by Crippen LogP contribution is 2.63. The van der Waals surface area contributed by atoms with Gasteiger partial charge in [0.15, 0.2) is 5.78 Å². The highest BCUT2D eigenvalue weighted by molar-refractivity contribution is 5.93. The Hall–Kier alpha value is -2.06. The Labute approximate surface area is 218 Å². The summed E-state index contributed by atoms with van der Waals surface area (Å²) in [7, 11) is 0. The van der Waals surface area contributed by atoms with Crippen LogP contribution in [0.2, 0.25) is 0 Å². The van der Waals surface area contributed by atoms with E-state index in [1.807, 2.05) is 51.1 Å². The molecule has 37 heavy (non-hydrogen) atoms. The lowest BCUT2D eigenvalue weighted by Gasteiger charge is -2.64. The zero-order chi connectivity index (χ0) is 26.9. The third kappa shape index (κ3) is 3.76. The molecule has 1 aromatic carbocycles. The fourth-order valence-corrected chi connectivity index (χ4v) is 8.14. The predicted octanol–water partition coefficient (Wildman–Crippen LogP) is 2.99. The molecule has 1 aliphatic heterocycles. The molecule has 2 bridgehead atoms. The smallest absolute Gasteiger partial charge is 0.306 e. The van der Waals surface area contributed by atoms with E-state index in [9.17, 15) is 24.9 Å². The van der Waals surface area contributed by atoms with Crippen molar-refractivity contribution >= 4 is 11.8 Å². The molecule has 3 N–H and O–H groups in total. The van der Waals surface area contributed by atoms with Crippen LogP contribution in [0, 0.1) is 28.6 Å². The molecule has 1 heterocycles. The summed E-state index contributed by atoms with van der Waals surface area (Å²) in [6, 6.07) is 9.69. The molecule has 7 heteroatoms. The second kappa shape index (κ2) is 9.01. The third-order valence-electron chi connectivity index (χ3n) is 10.5. The van der Waals surface area contributed by atoms with E-state index in [-0.39, 0.29) is 30.8 Å². The summed E-state index contributed by atoms with van der Waals surface area (Å²) in [5, 5.41) is 35.3. The molecule has 9 atom stereocenters. The maximum absolute atomic E-state index is 14.0. The van der Waals surface area contributed by atoms with Crippen molar-refractivity contribution in [3.63, 3.8) is 0 Å². The van der Waals surface area contributed by atoms with Gasteiger partial charge in [-0.1, -0.05) is 51.1 Å². The maximum Gasteiger partial charge on any atom is 0.306 e. The zero-order valence-electron chi connectivity index (χ0n) is 22.4. The number of benzene rings is 1. The van der Waals surface area contributed by atoms with Gasteiger partial charge in [-0.05, 0) is 48.8 Å². The van der Waals surface area contributed by atoms with E-state index in [0.29, 0.717) is 30.6 Å². The van der Waals surface area contributed by atoms with Gasteiger partial charge in [0.25, 0.3) is 0 Å². The van der Waals surface area contributed by atoms with Crippen LogP contribution < -0.4 is 0 Å². The molecular weight excluding hydrogens is 472 g/mol. The highest BCUT2D eigenvalue weighted by atomic mass is 16.5. The molecule has 0 aromatic heterocycles. The highest BCUT2D eigenvalue weighted by Gasteiger charge is 2.69. The Morgan fingerprint density at radius 1 is 1.16 bits per heavy atom. The first-order valence-electron chi connectivity index (χ1n) is 13.5. The van der Waals surface area contributed by atoms with Crippen molar-refractivity contribution in [2.75, 3.05) is 6.61 Å². The van der Waals surface area contributed by atoms with Crippen molar-refractivity contribution in [3.8, 4) is 0 Å². The molecular formula is C30H40O7. The van der Waals surface area contributed by atoms with Gasteiger partial charge >= 0.3 is 5.97 Å². The molecule has 1 aromatic rings. The maximum atomic E-state index is 14.0. The van der Waals surface area contributed by atoms with Crippen LogP contribution in [0.3, 0.4) is 0 Å². The van der Waals surface area contributed by atoms with E-state index in [4.69, 9.17) is 9.47 Å². The largest absolute Gasteiger partial charge is 0.458 e. The van der Waals surface area contributed by atoms with Gasteiger partial charge in [-0.3, -0.25) is 9.59 Å². The van der Waals surface area contributed by atoms with Crippen LogP contribution in [0.25, 0.3) is 0 Å². The van der Waals surface area contributed by atoms with E-state index < -0.39 is 52.4 Å². The third-order valence-corrected chi connectivity index (χ3v) is 10.5. The quantitative estimate of drug-likeness (QED) is 0.420. The standard InChI is InChI=1S/C30H40O7/c1-16-21(37-23(32)12-11-18-9-7-6-8-10-18)14-30(35)17(2)25-19-15-36-20(19)13-22(31)29(25,5)27(34)26(33)24(16)28(30,3)4/h6-10,17,19-22,25-26,31,33,35H,11-15H2,1-5H3/t17-,19?,20+,21-,22-,25+,26+,29+,30+/m0/s1. The van der Waals surface area contributed by atoms with Gasteiger partial charge in [-0.15, -0.1) is 0 Å². The van der Waals surface area contributed by atoms with Crippen LogP contribution in [0.15, 0.2) is 41.5 Å². The average molecular weight is 513 g/mol. The lowest BCUT2D eigenvalue weighted by atomic mass is 9.44. The topological polar surface area (TPSA) is 113 Å². The number of esters is 1. The number of Topliss-reactive ketones (excluding diaryl/α,β-unsaturated/α-hetero) is 1. The van der Waals surface area contributed by atoms with E-state index in [2.05, 4.69) is 0 Å². The van der Waals surface area contributed by atoms with Crippen molar-refractivity contribution in [2.45, 2.75) is 90.3 Å². The second-order valence-corrected chi connectivity index (χ2v) is 12.5. The minimum atomic E-state index is -1.51. The van der Waals surface area contributed by atoms with Gasteiger partial charge < -0.3 is 24.8 Å². The van der Waals surface area contributed by atoms with Crippen molar-refractivity contribution in [3.05, 3.63) is 47.0 Å². The second-order valence-electron chi connectivity index (χ2n) is 12.5. The zero-order valence-corrected chi connectivity index (χ0v) is 22.4. The minimum absolute atomic E-state index is 0.000184. The first-order valence-corrected chi connectivity index (χ1v) is 13.5. The number of carbonyl (C=O) groups is 2.